The van der Waals surface area contributed by atoms with Gasteiger partial charge in [-0.15, -0.1) is 0 Å². The number of carbonyl (C=O) groups excluding carboxylic acids is 1. The zero-order chi connectivity index (χ0) is 24.3. The summed E-state index contributed by atoms with van der Waals surface area (Å²) in [5, 5.41) is 0. The van der Waals surface area contributed by atoms with Crippen LogP contribution in [0.15, 0.2) is 83.4 Å². The third-order valence-electron chi connectivity index (χ3n) is 5.19. The van der Waals surface area contributed by atoms with Gasteiger partial charge in [0.1, 0.15) is 17.2 Å². The highest BCUT2D eigenvalue weighted by atomic mass is 19.1. The van der Waals surface area contributed by atoms with E-state index in [0.717, 1.165) is 16.7 Å². The first-order valence-corrected chi connectivity index (χ1v) is 11.1. The molecule has 1 aliphatic rings. The second kappa shape index (κ2) is 9.59. The van der Waals surface area contributed by atoms with Crippen molar-refractivity contribution in [2.75, 3.05) is 13.1 Å². The summed E-state index contributed by atoms with van der Waals surface area (Å²) in [5.41, 5.74) is 2.51. The Balaban J connectivity index is 1.59. The molecule has 6 heteroatoms. The van der Waals surface area contributed by atoms with Crippen molar-refractivity contribution in [3.8, 4) is 0 Å². The van der Waals surface area contributed by atoms with Gasteiger partial charge in [0.15, 0.2) is 0 Å². The number of carbonyl (C=O) groups is 1. The molecule has 1 fully saturated rings. The van der Waals surface area contributed by atoms with E-state index in [1.807, 2.05) is 60.7 Å². The molecule has 0 aromatic heterocycles. The highest BCUT2D eigenvalue weighted by molar-refractivity contribution is 6.13. The molecule has 0 spiro atoms. The lowest BCUT2D eigenvalue weighted by atomic mass is 10.0. The van der Waals surface area contributed by atoms with Crippen LogP contribution in [0.3, 0.4) is 0 Å². The molecule has 1 heterocycles. The topological polar surface area (TPSA) is 41.9 Å². The van der Waals surface area contributed by atoms with Crippen LogP contribution in [0.1, 0.15) is 37.5 Å². The van der Waals surface area contributed by atoms with Crippen molar-refractivity contribution >= 4 is 23.6 Å². The average molecular weight is 461 g/mol. The number of aliphatic imine (C=N–C) groups is 1. The Kier molecular flexibility index (Phi) is 6.59. The lowest BCUT2D eigenvalue weighted by Crippen LogP contribution is -2.46. The molecule has 4 rings (SSSR count). The molecule has 0 unspecified atom stereocenters. The highest BCUT2D eigenvalue weighted by Gasteiger charge is 2.30. The fourth-order valence-corrected chi connectivity index (χ4v) is 3.59. The zero-order valence-corrected chi connectivity index (χ0v) is 19.4. The van der Waals surface area contributed by atoms with E-state index in [0.29, 0.717) is 5.71 Å². The van der Waals surface area contributed by atoms with Crippen LogP contribution in [0, 0.1) is 11.6 Å². The van der Waals surface area contributed by atoms with Gasteiger partial charge in [0.2, 0.25) is 0 Å². The normalized spacial score (nSPS) is 13.2. The maximum atomic E-state index is 14.9. The Morgan fingerprint density at radius 1 is 0.912 bits per heavy atom. The van der Waals surface area contributed by atoms with Gasteiger partial charge in [-0.05, 0) is 32.4 Å². The number of likely N-dealkylation sites (tertiary alicyclic amines) is 1. The molecule has 0 radical (unpaired) electrons. The van der Waals surface area contributed by atoms with Crippen LogP contribution in [-0.2, 0) is 4.74 Å². The van der Waals surface area contributed by atoms with Crippen molar-refractivity contribution in [2.24, 2.45) is 4.99 Å². The predicted octanol–water partition coefficient (Wildman–Crippen LogP) is 6.77. The van der Waals surface area contributed by atoms with E-state index in [-0.39, 0.29) is 24.3 Å². The van der Waals surface area contributed by atoms with Gasteiger partial charge >= 0.3 is 6.09 Å². The smallest absolute Gasteiger partial charge is 0.410 e. The van der Waals surface area contributed by atoms with E-state index in [4.69, 9.17) is 4.74 Å². The van der Waals surface area contributed by atoms with E-state index >= 15 is 0 Å². The number of hydrogen-bond donors (Lipinski definition) is 0. The van der Waals surface area contributed by atoms with E-state index in [2.05, 4.69) is 4.99 Å². The van der Waals surface area contributed by atoms with Crippen molar-refractivity contribution in [2.45, 2.75) is 26.4 Å². The molecular weight excluding hydrogens is 434 g/mol. The summed E-state index contributed by atoms with van der Waals surface area (Å²) in [6, 6.07) is 21.5. The van der Waals surface area contributed by atoms with Crippen LogP contribution >= 0.6 is 0 Å². The number of nitrogens with zero attached hydrogens (tertiary/aromatic N) is 2. The fourth-order valence-electron chi connectivity index (χ4n) is 3.59. The van der Waals surface area contributed by atoms with E-state index in [9.17, 15) is 13.6 Å². The van der Waals surface area contributed by atoms with E-state index < -0.39 is 23.3 Å². The second-order valence-electron chi connectivity index (χ2n) is 9.15. The third-order valence-corrected chi connectivity index (χ3v) is 5.19. The van der Waals surface area contributed by atoms with Crippen molar-refractivity contribution in [3.05, 3.63) is 107 Å². The maximum Gasteiger partial charge on any atom is 0.410 e. The SMILES string of the molecule is CC(C)(C)OC(=O)N1CC(=Cc2c(F)cc(N=C(c3ccccc3)c3ccccc3)cc2F)C1. The third kappa shape index (κ3) is 5.57. The summed E-state index contributed by atoms with van der Waals surface area (Å²) in [7, 11) is 0. The summed E-state index contributed by atoms with van der Waals surface area (Å²) in [6.07, 6.45) is 1.01. The van der Waals surface area contributed by atoms with Gasteiger partial charge in [-0.3, -0.25) is 0 Å². The number of amides is 1. The molecular formula is C28H26F2N2O2. The minimum Gasteiger partial charge on any atom is -0.444 e. The van der Waals surface area contributed by atoms with Crippen LogP contribution in [0.5, 0.6) is 0 Å². The first kappa shape index (κ1) is 23.4. The summed E-state index contributed by atoms with van der Waals surface area (Å²) in [5.74, 6) is -1.41. The Labute approximate surface area is 198 Å². The molecule has 1 saturated heterocycles. The monoisotopic (exact) mass is 460 g/mol. The van der Waals surface area contributed by atoms with E-state index in [1.54, 1.807) is 20.8 Å². The van der Waals surface area contributed by atoms with Crippen molar-refractivity contribution < 1.29 is 18.3 Å². The molecule has 0 N–H and O–H groups in total. The number of halogens is 2. The average Bonchev–Trinajstić information content (AvgIpc) is 2.75. The summed E-state index contributed by atoms with van der Waals surface area (Å²) in [4.78, 5) is 18.1. The van der Waals surface area contributed by atoms with Crippen LogP contribution < -0.4 is 0 Å². The molecule has 0 aliphatic carbocycles. The highest BCUT2D eigenvalue weighted by Crippen LogP contribution is 2.28. The fraction of sp³-hybridized carbons (Fsp3) is 0.214. The molecule has 3 aromatic carbocycles. The standard InChI is InChI=1S/C28H26F2N2O2/c1-28(2,3)34-27(33)32-17-19(18-32)14-23-24(29)15-22(16-25(23)30)31-26(20-10-6-4-7-11-20)21-12-8-5-9-13-21/h4-16H,17-18H2,1-3H3. The maximum absolute atomic E-state index is 14.9. The quantitative estimate of drug-likeness (QED) is 0.403. The number of rotatable bonds is 4. The Hall–Kier alpha value is -3.80. The molecule has 174 valence electrons. The zero-order valence-electron chi connectivity index (χ0n) is 19.4. The summed E-state index contributed by atoms with van der Waals surface area (Å²) < 4.78 is 35.1. The van der Waals surface area contributed by atoms with Gasteiger partial charge in [-0.2, -0.15) is 0 Å². The molecule has 0 saturated carbocycles. The largest absolute Gasteiger partial charge is 0.444 e. The molecule has 3 aromatic rings. The minimum absolute atomic E-state index is 0.140. The van der Waals surface area contributed by atoms with Gasteiger partial charge in [0.25, 0.3) is 0 Å². The van der Waals surface area contributed by atoms with E-state index in [1.165, 1.54) is 23.1 Å². The lowest BCUT2D eigenvalue weighted by molar-refractivity contribution is 0.0216. The van der Waals surface area contributed by atoms with Crippen LogP contribution in [0.25, 0.3) is 6.08 Å². The lowest BCUT2D eigenvalue weighted by Gasteiger charge is -2.35. The Morgan fingerprint density at radius 2 is 1.41 bits per heavy atom. The van der Waals surface area contributed by atoms with Gasteiger partial charge in [0, 0.05) is 41.9 Å². The molecule has 1 aliphatic heterocycles. The molecule has 0 atom stereocenters. The predicted molar refractivity (Wildman–Crippen MR) is 130 cm³/mol. The number of benzene rings is 3. The summed E-state index contributed by atoms with van der Waals surface area (Å²) in [6.45, 7) is 5.92. The van der Waals surface area contributed by atoms with Gasteiger partial charge in [-0.1, -0.05) is 60.7 Å². The van der Waals surface area contributed by atoms with Gasteiger partial charge in [0.05, 0.1) is 11.4 Å². The number of hydrogen-bond acceptors (Lipinski definition) is 3. The number of ether oxygens (including phenoxy) is 1. The van der Waals surface area contributed by atoms with Crippen molar-refractivity contribution in [3.63, 3.8) is 0 Å². The first-order valence-electron chi connectivity index (χ1n) is 11.1. The molecule has 34 heavy (non-hydrogen) atoms. The van der Waals surface area contributed by atoms with Crippen LogP contribution in [0.4, 0.5) is 19.3 Å². The Bertz CT molecular complexity index is 1170. The molecule has 1 amide bonds. The summed E-state index contributed by atoms with van der Waals surface area (Å²) >= 11 is 0. The van der Waals surface area contributed by atoms with Crippen molar-refractivity contribution in [1.29, 1.82) is 0 Å². The minimum atomic E-state index is -0.706. The Morgan fingerprint density at radius 3 is 1.88 bits per heavy atom. The van der Waals surface area contributed by atoms with Gasteiger partial charge < -0.3 is 9.64 Å². The van der Waals surface area contributed by atoms with Crippen molar-refractivity contribution in [1.82, 2.24) is 4.90 Å². The molecule has 4 nitrogen and oxygen atoms in total. The van der Waals surface area contributed by atoms with Crippen LogP contribution in [0.2, 0.25) is 0 Å². The molecule has 0 bridgehead atoms. The van der Waals surface area contributed by atoms with Crippen LogP contribution in [-0.4, -0.2) is 35.4 Å². The first-order chi connectivity index (χ1) is 16.2. The van der Waals surface area contributed by atoms with Gasteiger partial charge in [-0.25, -0.2) is 18.6 Å². The second-order valence-corrected chi connectivity index (χ2v) is 9.15.